The van der Waals surface area contributed by atoms with E-state index in [1.165, 1.54) is 11.0 Å². The van der Waals surface area contributed by atoms with Gasteiger partial charge in [-0.2, -0.15) is 0 Å². The minimum atomic E-state index is -0.448. The molecule has 0 radical (unpaired) electrons. The first kappa shape index (κ1) is 12.3. The minimum Gasteiger partial charge on any atom is -0.306 e. The molecule has 0 aromatic heterocycles. The van der Waals surface area contributed by atoms with Gasteiger partial charge in [0.25, 0.3) is 5.69 Å². The van der Waals surface area contributed by atoms with Crippen LogP contribution in [0.3, 0.4) is 0 Å². The number of nitro benzene ring substituents is 1. The summed E-state index contributed by atoms with van der Waals surface area (Å²) in [7, 11) is 0. The monoisotopic (exact) mass is 246 g/mol. The zero-order chi connectivity index (χ0) is 13.3. The molecule has 5 nitrogen and oxygen atoms in total. The smallest absolute Gasteiger partial charge is 0.293 e. The summed E-state index contributed by atoms with van der Waals surface area (Å²) >= 11 is 0. The number of benzene rings is 1. The topological polar surface area (TPSA) is 63.5 Å². The van der Waals surface area contributed by atoms with Gasteiger partial charge in [-0.1, -0.05) is 18.2 Å². The number of para-hydroxylation sites is 1. The van der Waals surface area contributed by atoms with Crippen molar-refractivity contribution in [3.05, 3.63) is 46.5 Å². The molecule has 1 aromatic carbocycles. The molecular weight excluding hydrogens is 232 g/mol. The summed E-state index contributed by atoms with van der Waals surface area (Å²) in [5.41, 5.74) is 1.13. The van der Waals surface area contributed by atoms with Crippen LogP contribution in [0.15, 0.2) is 30.9 Å². The Morgan fingerprint density at radius 3 is 2.83 bits per heavy atom. The summed E-state index contributed by atoms with van der Waals surface area (Å²) in [6.07, 6.45) is 2.09. The Morgan fingerprint density at radius 2 is 2.28 bits per heavy atom. The van der Waals surface area contributed by atoms with Gasteiger partial charge in [-0.15, -0.1) is 6.58 Å². The van der Waals surface area contributed by atoms with Gasteiger partial charge in [0.05, 0.1) is 4.92 Å². The van der Waals surface area contributed by atoms with Crippen LogP contribution in [0, 0.1) is 23.0 Å². The van der Waals surface area contributed by atoms with Crippen LogP contribution in [0.5, 0.6) is 0 Å². The molecule has 1 fully saturated rings. The molecule has 0 saturated carbocycles. The largest absolute Gasteiger partial charge is 0.306 e. The van der Waals surface area contributed by atoms with Gasteiger partial charge in [0.15, 0.2) is 0 Å². The molecule has 1 aromatic rings. The van der Waals surface area contributed by atoms with E-state index in [4.69, 9.17) is 0 Å². The number of anilines is 1. The van der Waals surface area contributed by atoms with E-state index in [1.54, 1.807) is 25.1 Å². The molecule has 18 heavy (non-hydrogen) atoms. The highest BCUT2D eigenvalue weighted by molar-refractivity contribution is 5.98. The van der Waals surface area contributed by atoms with Crippen molar-refractivity contribution >= 4 is 17.3 Å². The maximum absolute atomic E-state index is 11.9. The lowest BCUT2D eigenvalue weighted by atomic mass is 10.1. The van der Waals surface area contributed by atoms with Crippen LogP contribution in [-0.2, 0) is 4.79 Å². The summed E-state index contributed by atoms with van der Waals surface area (Å²) in [6.45, 7) is 5.91. The zero-order valence-electron chi connectivity index (χ0n) is 10.1. The fourth-order valence-electron chi connectivity index (χ4n) is 2.25. The van der Waals surface area contributed by atoms with Gasteiger partial charge in [0.2, 0.25) is 5.91 Å². The van der Waals surface area contributed by atoms with Crippen LogP contribution in [0.4, 0.5) is 11.4 Å². The van der Waals surface area contributed by atoms with Gasteiger partial charge >= 0.3 is 0 Å². The highest BCUT2D eigenvalue weighted by Crippen LogP contribution is 2.35. The molecule has 0 aliphatic carbocycles. The van der Waals surface area contributed by atoms with Crippen molar-refractivity contribution in [2.24, 2.45) is 5.92 Å². The zero-order valence-corrected chi connectivity index (χ0v) is 10.1. The number of nitro groups is 1. The molecule has 2 rings (SSSR count). The lowest BCUT2D eigenvalue weighted by molar-refractivity contribution is -0.384. The summed E-state index contributed by atoms with van der Waals surface area (Å²) in [6, 6.07) is 4.83. The number of carbonyl (C=O) groups is 1. The second kappa shape index (κ2) is 4.60. The Labute approximate surface area is 105 Å². The van der Waals surface area contributed by atoms with Crippen molar-refractivity contribution in [2.75, 3.05) is 11.4 Å². The predicted molar refractivity (Wildman–Crippen MR) is 68.5 cm³/mol. The highest BCUT2D eigenvalue weighted by atomic mass is 16.6. The first-order chi connectivity index (χ1) is 8.54. The van der Waals surface area contributed by atoms with Crippen LogP contribution in [0.1, 0.15) is 12.0 Å². The van der Waals surface area contributed by atoms with Crippen molar-refractivity contribution in [3.63, 3.8) is 0 Å². The number of hydrogen-bond donors (Lipinski definition) is 0. The average Bonchev–Trinajstić information content (AvgIpc) is 2.70. The Kier molecular flexibility index (Phi) is 3.14. The lowest BCUT2D eigenvalue weighted by Gasteiger charge is -2.18. The molecule has 0 spiro atoms. The average molecular weight is 246 g/mol. The van der Waals surface area contributed by atoms with Gasteiger partial charge < -0.3 is 4.90 Å². The molecule has 0 bridgehead atoms. The van der Waals surface area contributed by atoms with Crippen molar-refractivity contribution in [1.82, 2.24) is 0 Å². The number of nitrogens with zero attached hydrogens (tertiary/aromatic N) is 2. The third-order valence-electron chi connectivity index (χ3n) is 3.17. The molecule has 1 saturated heterocycles. The van der Waals surface area contributed by atoms with Crippen molar-refractivity contribution in [2.45, 2.75) is 13.3 Å². The van der Waals surface area contributed by atoms with Crippen molar-refractivity contribution < 1.29 is 9.72 Å². The minimum absolute atomic E-state index is 0.0203. The number of rotatable bonds is 3. The molecule has 1 atom stereocenters. The fraction of sp³-hybridized carbons (Fsp3) is 0.308. The molecule has 0 N–H and O–H groups in total. The summed E-state index contributed by atoms with van der Waals surface area (Å²) in [5.74, 6) is -0.0194. The van der Waals surface area contributed by atoms with Crippen molar-refractivity contribution in [3.8, 4) is 0 Å². The van der Waals surface area contributed by atoms with Crippen LogP contribution in [-0.4, -0.2) is 17.4 Å². The molecule has 1 unspecified atom stereocenters. The third kappa shape index (κ3) is 1.99. The van der Waals surface area contributed by atoms with Crippen molar-refractivity contribution in [1.29, 1.82) is 0 Å². The van der Waals surface area contributed by atoms with Gasteiger partial charge in [0, 0.05) is 24.9 Å². The van der Waals surface area contributed by atoms with E-state index in [0.29, 0.717) is 18.7 Å². The number of carbonyl (C=O) groups excluding carboxylic acids is 1. The number of amides is 1. The SMILES string of the molecule is C=CC1CC(=O)N(c2c(C)cccc2[N+](=O)[O-])C1. The van der Waals surface area contributed by atoms with Crippen LogP contribution < -0.4 is 4.90 Å². The first-order valence-electron chi connectivity index (χ1n) is 5.71. The predicted octanol–water partition coefficient (Wildman–Crippen LogP) is 2.44. The van der Waals surface area contributed by atoms with E-state index in [1.807, 2.05) is 0 Å². The van der Waals surface area contributed by atoms with Crippen LogP contribution in [0.2, 0.25) is 0 Å². The van der Waals surface area contributed by atoms with E-state index in [-0.39, 0.29) is 17.5 Å². The Morgan fingerprint density at radius 1 is 1.56 bits per heavy atom. The van der Waals surface area contributed by atoms with Gasteiger partial charge in [0.1, 0.15) is 5.69 Å². The van der Waals surface area contributed by atoms with Gasteiger partial charge in [-0.25, -0.2) is 0 Å². The molecule has 1 aliphatic rings. The Hall–Kier alpha value is -2.17. The van der Waals surface area contributed by atoms with E-state index >= 15 is 0 Å². The molecule has 1 amide bonds. The van der Waals surface area contributed by atoms with E-state index in [2.05, 4.69) is 6.58 Å². The van der Waals surface area contributed by atoms with E-state index < -0.39 is 4.92 Å². The second-order valence-electron chi connectivity index (χ2n) is 4.40. The van der Waals surface area contributed by atoms with Crippen LogP contribution in [0.25, 0.3) is 0 Å². The molecule has 1 heterocycles. The van der Waals surface area contributed by atoms with Gasteiger partial charge in [-0.05, 0) is 12.5 Å². The van der Waals surface area contributed by atoms with E-state index in [9.17, 15) is 14.9 Å². The number of hydrogen-bond acceptors (Lipinski definition) is 3. The standard InChI is InChI=1S/C13H14N2O3/c1-3-10-7-12(16)14(8-10)13-9(2)5-4-6-11(13)15(17)18/h3-6,10H,1,7-8H2,2H3. The fourth-order valence-corrected chi connectivity index (χ4v) is 2.25. The quantitative estimate of drug-likeness (QED) is 0.467. The second-order valence-corrected chi connectivity index (χ2v) is 4.40. The Bertz CT molecular complexity index is 525. The maximum Gasteiger partial charge on any atom is 0.293 e. The first-order valence-corrected chi connectivity index (χ1v) is 5.71. The maximum atomic E-state index is 11.9. The summed E-state index contributed by atoms with van der Waals surface area (Å²) < 4.78 is 0. The molecule has 1 aliphatic heterocycles. The number of aryl methyl sites for hydroxylation is 1. The Balaban J connectivity index is 2.48. The summed E-state index contributed by atoms with van der Waals surface area (Å²) in [4.78, 5) is 24.0. The third-order valence-corrected chi connectivity index (χ3v) is 3.17. The van der Waals surface area contributed by atoms with Gasteiger partial charge in [-0.3, -0.25) is 14.9 Å². The summed E-state index contributed by atoms with van der Waals surface area (Å²) in [5, 5.41) is 11.0. The normalized spacial score (nSPS) is 19.1. The van der Waals surface area contributed by atoms with E-state index in [0.717, 1.165) is 5.56 Å². The lowest BCUT2D eigenvalue weighted by Crippen LogP contribution is -2.26. The molecule has 5 heteroatoms. The molecule has 94 valence electrons. The highest BCUT2D eigenvalue weighted by Gasteiger charge is 2.33. The molecular formula is C13H14N2O3. The van der Waals surface area contributed by atoms with Crippen LogP contribution >= 0.6 is 0 Å².